The summed E-state index contributed by atoms with van der Waals surface area (Å²) in [7, 11) is 0. The van der Waals surface area contributed by atoms with E-state index in [-0.39, 0.29) is 26.7 Å². The van der Waals surface area contributed by atoms with Gasteiger partial charge in [0.1, 0.15) is 54.7 Å². The fourth-order valence-corrected chi connectivity index (χ4v) is 9.18. The number of nitrogens with two attached hydrogens (primary N) is 1. The number of ether oxygens (including phenoxy) is 4. The van der Waals surface area contributed by atoms with Gasteiger partial charge in [0.05, 0.1) is 43.6 Å². The highest BCUT2D eigenvalue weighted by molar-refractivity contribution is 15.0. The van der Waals surface area contributed by atoms with Gasteiger partial charge in [-0.15, -0.1) is 0 Å². The Kier molecular flexibility index (Phi) is 41.7. The van der Waals surface area contributed by atoms with Crippen LogP contribution in [0.25, 0.3) is 0 Å². The van der Waals surface area contributed by atoms with Crippen molar-refractivity contribution in [1.82, 2.24) is 58.8 Å². The highest BCUT2D eigenvalue weighted by Gasteiger charge is 2.39. The maximum atomic E-state index is 12.5. The smallest absolute Gasteiger partial charge is 0.420 e. The molecular weight excluding hydrogens is 1590 g/mol. The summed E-state index contributed by atoms with van der Waals surface area (Å²) in [6, 6.07) is 21.0. The summed E-state index contributed by atoms with van der Waals surface area (Å²) >= 11 is 6.17. The average molecular weight is 1700 g/mol. The molecule has 24 nitrogen and oxygen atoms in total. The number of nitrogens with one attached hydrogen (secondary N) is 3. The number of hydrogen-bond donors (Lipinski definition) is 7. The van der Waals surface area contributed by atoms with E-state index >= 15 is 0 Å². The lowest BCUT2D eigenvalue weighted by Gasteiger charge is -2.30. The Morgan fingerprint density at radius 1 is 0.592 bits per heavy atom. The van der Waals surface area contributed by atoms with Crippen molar-refractivity contribution in [2.75, 3.05) is 19.8 Å². The second kappa shape index (κ2) is 44.4. The number of carbonyl (C=O) groups is 4. The Morgan fingerprint density at radius 2 is 1.05 bits per heavy atom. The molecule has 3 radical (unpaired) electrons. The zero-order valence-electron chi connectivity index (χ0n) is 61.2. The number of benzene rings is 2. The van der Waals surface area contributed by atoms with E-state index in [1.165, 1.54) is 78.3 Å². The molecule has 0 fully saturated rings. The summed E-state index contributed by atoms with van der Waals surface area (Å²) in [4.78, 5) is 72.9. The van der Waals surface area contributed by atoms with Gasteiger partial charge in [-0.25, -0.2) is 48.2 Å². The topological polar surface area (TPSA) is 316 Å². The second-order valence-electron chi connectivity index (χ2n) is 27.1. The summed E-state index contributed by atoms with van der Waals surface area (Å²) in [5.74, 6) is 0.919. The van der Waals surface area contributed by atoms with Crippen molar-refractivity contribution in [3.05, 3.63) is 155 Å². The fraction of sp³-hybridized carbons (Fsp3) is 0.551. The first-order chi connectivity index (χ1) is 45.3. The Hall–Kier alpha value is -5.87. The second-order valence-corrected chi connectivity index (χ2v) is 28.3. The number of aliphatic hydroxyl groups excluding tert-OH is 3. The number of imidazole rings is 5. The maximum Gasteiger partial charge on any atom is 0.420 e. The summed E-state index contributed by atoms with van der Waals surface area (Å²) in [5, 5.41) is 33.6. The number of aromatic amines is 1. The van der Waals surface area contributed by atoms with Gasteiger partial charge in [-0.3, -0.25) is 4.98 Å². The summed E-state index contributed by atoms with van der Waals surface area (Å²) in [6.07, 6.45) is 20.6. The number of halogens is 3. The molecule has 29 heteroatoms. The Bertz CT molecular complexity index is 3330. The van der Waals surface area contributed by atoms with E-state index in [2.05, 4.69) is 149 Å². The molecule has 0 aliphatic heterocycles. The van der Waals surface area contributed by atoms with E-state index in [0.717, 1.165) is 23.4 Å². The number of hydrogen-bond acceptors (Lipinski definition) is 17. The number of alkyl carbamates (subject to hydrolysis) is 2. The van der Waals surface area contributed by atoms with Crippen LogP contribution >= 0.6 is 59.8 Å². The van der Waals surface area contributed by atoms with Crippen molar-refractivity contribution in [2.24, 2.45) is 5.73 Å². The van der Waals surface area contributed by atoms with Gasteiger partial charge in [-0.2, -0.15) is 0 Å². The molecule has 2 aromatic carbocycles. The lowest BCUT2D eigenvalue weighted by Crippen LogP contribution is -2.50. The molecule has 0 aliphatic rings. The minimum Gasteiger partial charge on any atom is -0.444 e. The van der Waals surface area contributed by atoms with Gasteiger partial charge >= 0.3 is 24.4 Å². The minimum atomic E-state index is -1.33. The van der Waals surface area contributed by atoms with Gasteiger partial charge in [0.25, 0.3) is 0 Å². The fourth-order valence-electron chi connectivity index (χ4n) is 8.61. The third-order valence-electron chi connectivity index (χ3n) is 13.2. The van der Waals surface area contributed by atoms with Crippen LogP contribution in [-0.4, -0.2) is 145 Å². The summed E-state index contributed by atoms with van der Waals surface area (Å²) in [5.41, 5.74) is 4.40. The highest BCUT2D eigenvalue weighted by atomic mass is 128. The van der Waals surface area contributed by atoms with E-state index in [1.54, 1.807) is 116 Å². The Balaban J connectivity index is 0.00000121. The zero-order valence-corrected chi connectivity index (χ0v) is 67.7. The quantitative estimate of drug-likeness (QED) is 0.0225. The van der Waals surface area contributed by atoms with Crippen LogP contribution in [0, 0.1) is 10.6 Å². The normalized spacial score (nSPS) is 12.8. The highest BCUT2D eigenvalue weighted by Crippen LogP contribution is 2.26. The zero-order chi connectivity index (χ0) is 74.0. The number of aliphatic hydroxyl groups is 3. The first-order valence-electron chi connectivity index (χ1n) is 32.4. The van der Waals surface area contributed by atoms with E-state index in [9.17, 15) is 29.4 Å². The van der Waals surface area contributed by atoms with E-state index in [0.29, 0.717) is 16.2 Å². The number of H-pyrrole nitrogens is 1. The van der Waals surface area contributed by atoms with E-state index in [4.69, 9.17) is 29.8 Å². The molecule has 5 aromatic heterocycles. The first kappa shape index (κ1) is 92.1. The van der Waals surface area contributed by atoms with Crippen molar-refractivity contribution in [3.8, 4) is 0 Å². The number of aryl methyl sites for hydroxylation is 1. The van der Waals surface area contributed by atoms with Crippen LogP contribution in [-0.2, 0) is 48.7 Å². The van der Waals surface area contributed by atoms with Crippen LogP contribution in [0.5, 0.6) is 0 Å². The van der Waals surface area contributed by atoms with Crippen LogP contribution in [0.4, 0.5) is 19.2 Å². The molecular formula is C69H109B2I3N13O11. The largest absolute Gasteiger partial charge is 0.444 e. The lowest BCUT2D eigenvalue weighted by molar-refractivity contribution is 0.0369. The molecule has 0 bridgehead atoms. The molecule has 0 saturated heterocycles. The number of carbonyl (C=O) groups excluding carboxylic acids is 4. The van der Waals surface area contributed by atoms with Crippen LogP contribution in [0.2, 0.25) is 12.6 Å². The molecule has 0 saturated carbocycles. The Morgan fingerprint density at radius 3 is 1.47 bits per heavy atom. The van der Waals surface area contributed by atoms with Gasteiger partial charge in [0.15, 0.2) is 0 Å². The van der Waals surface area contributed by atoms with Crippen molar-refractivity contribution >= 4 is 105 Å². The monoisotopic (exact) mass is 1700 g/mol. The molecule has 5 heterocycles. The molecule has 2 amide bonds. The van der Waals surface area contributed by atoms with Crippen molar-refractivity contribution in [1.29, 1.82) is 0 Å². The molecule has 0 aliphatic carbocycles. The Labute approximate surface area is 621 Å². The average Bonchev–Trinajstić information content (AvgIpc) is 1.61. The molecule has 3 atom stereocenters. The molecule has 3 unspecified atom stereocenters. The molecule has 8 N–H and O–H groups in total. The van der Waals surface area contributed by atoms with E-state index < -0.39 is 76.6 Å². The van der Waals surface area contributed by atoms with Gasteiger partial charge < -0.3 is 64.8 Å². The molecule has 7 rings (SSSR count). The van der Waals surface area contributed by atoms with Gasteiger partial charge in [-0.05, 0) is 144 Å². The van der Waals surface area contributed by atoms with Crippen LogP contribution in [0.3, 0.4) is 0 Å². The van der Waals surface area contributed by atoms with Crippen LogP contribution in [0.15, 0.2) is 117 Å². The third-order valence-corrected chi connectivity index (χ3v) is 13.9. The van der Waals surface area contributed by atoms with Crippen molar-refractivity contribution in [2.45, 2.75) is 229 Å². The van der Waals surface area contributed by atoms with Crippen molar-refractivity contribution in [3.63, 3.8) is 0 Å². The predicted octanol–water partition coefficient (Wildman–Crippen LogP) is 13.9. The standard InChI is InChI=1S/C18H27BN2.C16H26IN3O5.C16H27N3O5.C10H10N2.C7H13N3O.C2H6.B.I2/c1-3-5-12-19(13-6-4-2)18-20-14-15-21(18)16-17-10-8-7-9-11-17;1-14(2,3)24-12(22)19-16(7,9-21)11-18-8-10(17)20(11)13(23)25-15(4,5)6;1-14(2,3)23-12(21)18-16(7,10-20)11-17-8-9-19(11)13(22)24-15(4,5)6;1-2-4-10(5-3-1)8-12-7-6-11-9-12;1-5-3-9-6(10-5)7(2,8)4-11;1-2;;1-2/h7-11,14-15H,3-6,12-13,16H2,1-2H3;8,21H,9H2,1-7H3,(H,19,22);8-9,20H,10H2,1-7H3,(H,18,21);1-7,9H,8H2;3,11H,4,8H2,1-2H3,(H,9,10);1-2H3;;. The van der Waals surface area contributed by atoms with Gasteiger partial charge in [0, 0.05) is 108 Å². The molecule has 0 spiro atoms. The predicted molar refractivity (Wildman–Crippen MR) is 416 cm³/mol. The lowest BCUT2D eigenvalue weighted by atomic mass is 9.43. The molecule has 543 valence electrons. The summed E-state index contributed by atoms with van der Waals surface area (Å²) < 4.78 is 28.4. The minimum absolute atomic E-state index is 0. The summed E-state index contributed by atoms with van der Waals surface area (Å²) in [6.45, 7) is 37.5. The number of aromatic nitrogens is 10. The third kappa shape index (κ3) is 34.5. The van der Waals surface area contributed by atoms with Gasteiger partial charge in [-0.1, -0.05) is 127 Å². The van der Waals surface area contributed by atoms with Gasteiger partial charge in [0.2, 0.25) is 6.71 Å². The maximum absolute atomic E-state index is 12.5. The van der Waals surface area contributed by atoms with Crippen molar-refractivity contribution < 1.29 is 53.4 Å². The van der Waals surface area contributed by atoms with Crippen LogP contribution in [0.1, 0.15) is 192 Å². The number of rotatable bonds is 19. The first-order valence-corrected chi connectivity index (χ1v) is 39.8. The molecule has 7 aromatic rings. The SMILES string of the molecule is CC.CC(C)(C)OC(=O)NC(C)(CO)c1ncc(I)n1C(=O)OC(C)(C)C.CC(C)(C)OC(=O)NC(C)(CO)c1nccn1C(=O)OC(C)(C)C.CCCCB(CCCC)c1nccn1Cc1ccccc1.Cc1cnc(C(C)(N)CO)[nH]1.II.[B].c1ccc(Cn2ccnc2)cc1. The van der Waals surface area contributed by atoms with Crippen LogP contribution < -0.4 is 22.1 Å². The number of nitrogens with zero attached hydrogens (tertiary/aromatic N) is 9. The molecule has 98 heavy (non-hydrogen) atoms. The van der Waals surface area contributed by atoms with E-state index in [1.807, 2.05) is 80.3 Å². The number of amides is 2. The number of unbranched alkanes of at least 4 members (excludes halogenated alkanes) is 2.